The van der Waals surface area contributed by atoms with E-state index in [-0.39, 0.29) is 11.9 Å². The van der Waals surface area contributed by atoms with Gasteiger partial charge in [0.1, 0.15) is 11.6 Å². The largest absolute Gasteiger partial charge is 0.469 e. The Hall–Kier alpha value is -1.78. The lowest BCUT2D eigenvalue weighted by Crippen LogP contribution is -2.24. The van der Waals surface area contributed by atoms with Crippen molar-refractivity contribution < 1.29 is 9.53 Å². The molecule has 0 aliphatic carbocycles. The molecule has 1 fully saturated rings. The van der Waals surface area contributed by atoms with E-state index in [1.807, 2.05) is 12.1 Å². The summed E-state index contributed by atoms with van der Waals surface area (Å²) in [6.45, 7) is 1.47. The van der Waals surface area contributed by atoms with E-state index in [4.69, 9.17) is 10.5 Å². The van der Waals surface area contributed by atoms with Crippen LogP contribution in [0.2, 0.25) is 0 Å². The zero-order valence-corrected chi connectivity index (χ0v) is 9.22. The Bertz CT molecular complexity index is 395. The molecule has 5 heteroatoms. The maximum Gasteiger partial charge on any atom is 0.310 e. The van der Waals surface area contributed by atoms with Gasteiger partial charge in [-0.1, -0.05) is 6.07 Å². The van der Waals surface area contributed by atoms with Gasteiger partial charge in [0.15, 0.2) is 0 Å². The number of aromatic nitrogens is 1. The van der Waals surface area contributed by atoms with Crippen LogP contribution in [0, 0.1) is 5.92 Å². The lowest BCUT2D eigenvalue weighted by molar-refractivity contribution is -0.144. The van der Waals surface area contributed by atoms with Gasteiger partial charge in [0.2, 0.25) is 0 Å². The molecule has 2 heterocycles. The third-order valence-corrected chi connectivity index (χ3v) is 2.80. The number of nitrogen functional groups attached to an aromatic ring is 1. The molecular formula is C11H15N3O2. The Labute approximate surface area is 94.2 Å². The van der Waals surface area contributed by atoms with Crippen LogP contribution >= 0.6 is 0 Å². The predicted molar refractivity (Wildman–Crippen MR) is 61.0 cm³/mol. The Morgan fingerprint density at radius 1 is 1.62 bits per heavy atom. The van der Waals surface area contributed by atoms with Crippen molar-refractivity contribution in [1.82, 2.24) is 4.98 Å². The lowest BCUT2D eigenvalue weighted by atomic mass is 10.1. The average molecular weight is 221 g/mol. The zero-order valence-electron chi connectivity index (χ0n) is 9.22. The SMILES string of the molecule is COC(=O)[C@@H]1CCN(c2cccc(N)n2)C1. The molecule has 1 aliphatic heterocycles. The van der Waals surface area contributed by atoms with E-state index in [0.29, 0.717) is 12.4 Å². The number of pyridine rings is 1. The van der Waals surface area contributed by atoms with Crippen molar-refractivity contribution in [2.75, 3.05) is 30.8 Å². The molecule has 2 N–H and O–H groups in total. The van der Waals surface area contributed by atoms with Crippen LogP contribution in [0.1, 0.15) is 6.42 Å². The molecule has 86 valence electrons. The third-order valence-electron chi connectivity index (χ3n) is 2.80. The fourth-order valence-corrected chi connectivity index (χ4v) is 1.94. The second-order valence-corrected chi connectivity index (χ2v) is 3.88. The smallest absolute Gasteiger partial charge is 0.310 e. The summed E-state index contributed by atoms with van der Waals surface area (Å²) < 4.78 is 4.73. The molecule has 1 aromatic heterocycles. The Morgan fingerprint density at radius 3 is 3.12 bits per heavy atom. The summed E-state index contributed by atoms with van der Waals surface area (Å²) in [5.74, 6) is 1.13. The van der Waals surface area contributed by atoms with E-state index in [2.05, 4.69) is 9.88 Å². The van der Waals surface area contributed by atoms with Gasteiger partial charge in [-0.25, -0.2) is 4.98 Å². The molecule has 1 aromatic rings. The van der Waals surface area contributed by atoms with Crippen molar-refractivity contribution in [1.29, 1.82) is 0 Å². The van der Waals surface area contributed by atoms with E-state index < -0.39 is 0 Å². The van der Waals surface area contributed by atoms with Crippen molar-refractivity contribution in [3.8, 4) is 0 Å². The monoisotopic (exact) mass is 221 g/mol. The van der Waals surface area contributed by atoms with Crippen molar-refractivity contribution in [3.05, 3.63) is 18.2 Å². The van der Waals surface area contributed by atoms with Crippen LogP contribution in [0.15, 0.2) is 18.2 Å². The number of nitrogens with two attached hydrogens (primary N) is 1. The maximum absolute atomic E-state index is 11.4. The standard InChI is InChI=1S/C11H15N3O2/c1-16-11(15)8-5-6-14(7-8)10-4-2-3-9(12)13-10/h2-4,8H,5-7H2,1H3,(H2,12,13)/t8-/m1/s1. The van der Waals surface area contributed by atoms with Gasteiger partial charge < -0.3 is 15.4 Å². The molecule has 1 aliphatic rings. The first kappa shape index (κ1) is 10.7. The number of nitrogens with zero attached hydrogens (tertiary/aromatic N) is 2. The van der Waals surface area contributed by atoms with Crippen molar-refractivity contribution in [2.24, 2.45) is 5.92 Å². The van der Waals surface area contributed by atoms with Gasteiger partial charge >= 0.3 is 5.97 Å². The normalized spacial score (nSPS) is 19.8. The van der Waals surface area contributed by atoms with Crippen LogP contribution in [-0.4, -0.2) is 31.2 Å². The molecule has 1 atom stereocenters. The summed E-state index contributed by atoms with van der Waals surface area (Å²) in [5, 5.41) is 0. The van der Waals surface area contributed by atoms with Gasteiger partial charge in [0.05, 0.1) is 13.0 Å². The molecular weight excluding hydrogens is 206 g/mol. The molecule has 0 spiro atoms. The topological polar surface area (TPSA) is 68.5 Å². The Morgan fingerprint density at radius 2 is 2.44 bits per heavy atom. The number of rotatable bonds is 2. The van der Waals surface area contributed by atoms with Crippen LogP contribution in [0.25, 0.3) is 0 Å². The molecule has 1 saturated heterocycles. The summed E-state index contributed by atoms with van der Waals surface area (Å²) >= 11 is 0. The van der Waals surface area contributed by atoms with Gasteiger partial charge in [0.25, 0.3) is 0 Å². The van der Waals surface area contributed by atoms with E-state index in [1.54, 1.807) is 6.07 Å². The predicted octanol–water partition coefficient (Wildman–Crippen LogP) is 0.663. The number of anilines is 2. The highest BCUT2D eigenvalue weighted by atomic mass is 16.5. The number of hydrogen-bond donors (Lipinski definition) is 1. The van der Waals surface area contributed by atoms with Crippen LogP contribution in [0.4, 0.5) is 11.6 Å². The maximum atomic E-state index is 11.4. The molecule has 5 nitrogen and oxygen atoms in total. The minimum Gasteiger partial charge on any atom is -0.469 e. The summed E-state index contributed by atoms with van der Waals surface area (Å²) in [5.41, 5.74) is 5.62. The summed E-state index contributed by atoms with van der Waals surface area (Å²) in [7, 11) is 1.42. The number of carbonyl (C=O) groups is 1. The highest BCUT2D eigenvalue weighted by Gasteiger charge is 2.29. The van der Waals surface area contributed by atoms with Crippen LogP contribution < -0.4 is 10.6 Å². The Balaban J connectivity index is 2.06. The lowest BCUT2D eigenvalue weighted by Gasteiger charge is -2.17. The summed E-state index contributed by atoms with van der Waals surface area (Å²) in [6, 6.07) is 5.51. The molecule has 0 amide bonds. The fraction of sp³-hybridized carbons (Fsp3) is 0.455. The van der Waals surface area contributed by atoms with E-state index in [9.17, 15) is 4.79 Å². The minimum atomic E-state index is -0.147. The zero-order chi connectivity index (χ0) is 11.5. The number of esters is 1. The molecule has 2 rings (SSSR count). The van der Waals surface area contributed by atoms with Gasteiger partial charge in [-0.05, 0) is 18.6 Å². The van der Waals surface area contributed by atoms with Crippen molar-refractivity contribution in [3.63, 3.8) is 0 Å². The molecule has 0 saturated carbocycles. The van der Waals surface area contributed by atoms with E-state index >= 15 is 0 Å². The average Bonchev–Trinajstić information content (AvgIpc) is 2.77. The van der Waals surface area contributed by atoms with E-state index in [1.165, 1.54) is 7.11 Å². The molecule has 0 bridgehead atoms. The van der Waals surface area contributed by atoms with Gasteiger partial charge in [-0.3, -0.25) is 4.79 Å². The summed E-state index contributed by atoms with van der Waals surface area (Å²) in [4.78, 5) is 17.6. The number of carbonyl (C=O) groups excluding carboxylic acids is 1. The molecule has 0 radical (unpaired) electrons. The Kier molecular flexibility index (Phi) is 2.94. The number of hydrogen-bond acceptors (Lipinski definition) is 5. The van der Waals surface area contributed by atoms with Gasteiger partial charge in [-0.2, -0.15) is 0 Å². The molecule has 0 unspecified atom stereocenters. The van der Waals surface area contributed by atoms with Crippen molar-refractivity contribution >= 4 is 17.6 Å². The third kappa shape index (κ3) is 2.08. The van der Waals surface area contributed by atoms with Crippen LogP contribution in [-0.2, 0) is 9.53 Å². The highest BCUT2D eigenvalue weighted by Crippen LogP contribution is 2.23. The van der Waals surface area contributed by atoms with Gasteiger partial charge in [-0.15, -0.1) is 0 Å². The number of ether oxygens (including phenoxy) is 1. The van der Waals surface area contributed by atoms with Crippen molar-refractivity contribution in [2.45, 2.75) is 6.42 Å². The van der Waals surface area contributed by atoms with E-state index in [0.717, 1.165) is 18.8 Å². The quantitative estimate of drug-likeness (QED) is 0.743. The van der Waals surface area contributed by atoms with Gasteiger partial charge in [0, 0.05) is 13.1 Å². The first-order valence-electron chi connectivity index (χ1n) is 5.26. The second-order valence-electron chi connectivity index (χ2n) is 3.88. The minimum absolute atomic E-state index is 0.0479. The first-order chi connectivity index (χ1) is 7.70. The van der Waals surface area contributed by atoms with Crippen LogP contribution in [0.5, 0.6) is 0 Å². The molecule has 0 aromatic carbocycles. The first-order valence-corrected chi connectivity index (χ1v) is 5.26. The highest BCUT2D eigenvalue weighted by molar-refractivity contribution is 5.74. The number of methoxy groups -OCH3 is 1. The van der Waals surface area contributed by atoms with Crippen LogP contribution in [0.3, 0.4) is 0 Å². The molecule has 16 heavy (non-hydrogen) atoms. The fourth-order valence-electron chi connectivity index (χ4n) is 1.94. The summed E-state index contributed by atoms with van der Waals surface area (Å²) in [6.07, 6.45) is 0.809. The second kappa shape index (κ2) is 4.38.